The highest BCUT2D eigenvalue weighted by Gasteiger charge is 2.16. The molecule has 0 aliphatic heterocycles. The summed E-state index contributed by atoms with van der Waals surface area (Å²) in [6.07, 6.45) is 7.91. The molecule has 1 N–H and O–H groups in total. The molecule has 2 aromatic heterocycles. The van der Waals surface area contributed by atoms with Crippen molar-refractivity contribution in [2.45, 2.75) is 32.1 Å². The first-order valence-corrected chi connectivity index (χ1v) is 7.57. The summed E-state index contributed by atoms with van der Waals surface area (Å²) >= 11 is 12.0. The van der Waals surface area contributed by atoms with Crippen LogP contribution in [0.3, 0.4) is 0 Å². The summed E-state index contributed by atoms with van der Waals surface area (Å²) in [4.78, 5) is 16.4. The zero-order valence-corrected chi connectivity index (χ0v) is 12.5. The molecule has 0 saturated heterocycles. The van der Waals surface area contributed by atoms with Gasteiger partial charge in [-0.2, -0.15) is 4.98 Å². The molecule has 1 fully saturated rings. The molecule has 0 radical (unpaired) electrons. The zero-order valence-electron chi connectivity index (χ0n) is 10.9. The fraction of sp³-hybridized carbons (Fsp3) is 0.538. The number of nitrogens with one attached hydrogen (secondary N) is 1. The van der Waals surface area contributed by atoms with Crippen LogP contribution in [0.15, 0.2) is 6.33 Å². The van der Waals surface area contributed by atoms with Gasteiger partial charge in [-0.1, -0.05) is 30.9 Å². The van der Waals surface area contributed by atoms with E-state index in [2.05, 4.69) is 25.3 Å². The van der Waals surface area contributed by atoms with Gasteiger partial charge in [-0.05, 0) is 30.4 Å². The predicted molar refractivity (Wildman–Crippen MR) is 80.2 cm³/mol. The summed E-state index contributed by atoms with van der Waals surface area (Å²) in [5.74, 6) is 1.32. The number of halogens is 2. The molecule has 1 aliphatic carbocycles. The molecule has 1 saturated carbocycles. The van der Waals surface area contributed by atoms with Crippen molar-refractivity contribution in [1.29, 1.82) is 0 Å². The van der Waals surface area contributed by atoms with Crippen molar-refractivity contribution in [1.82, 2.24) is 19.9 Å². The molecule has 7 heteroatoms. The fourth-order valence-corrected chi connectivity index (χ4v) is 2.99. The van der Waals surface area contributed by atoms with Gasteiger partial charge in [0, 0.05) is 6.54 Å². The van der Waals surface area contributed by atoms with E-state index in [1.54, 1.807) is 0 Å². The van der Waals surface area contributed by atoms with Crippen LogP contribution < -0.4 is 5.32 Å². The average molecular weight is 312 g/mol. The SMILES string of the molecule is Clc1nc(NCC2CCCCC2)c2ncnc(Cl)c2n1. The molecule has 0 amide bonds. The van der Waals surface area contributed by atoms with Crippen LogP contribution in [0.25, 0.3) is 11.0 Å². The molecular weight excluding hydrogens is 297 g/mol. The molecule has 0 unspecified atom stereocenters. The summed E-state index contributed by atoms with van der Waals surface area (Å²) in [6.45, 7) is 0.879. The van der Waals surface area contributed by atoms with Crippen LogP contribution in [0.5, 0.6) is 0 Å². The Morgan fingerprint density at radius 3 is 2.65 bits per heavy atom. The fourth-order valence-electron chi connectivity index (χ4n) is 2.65. The summed E-state index contributed by atoms with van der Waals surface area (Å²) in [5, 5.41) is 3.79. The van der Waals surface area contributed by atoms with Crippen LogP contribution in [-0.4, -0.2) is 26.5 Å². The van der Waals surface area contributed by atoms with E-state index >= 15 is 0 Å². The average Bonchev–Trinajstić information content (AvgIpc) is 2.47. The highest BCUT2D eigenvalue weighted by atomic mass is 35.5. The highest BCUT2D eigenvalue weighted by Crippen LogP contribution is 2.27. The summed E-state index contributed by atoms with van der Waals surface area (Å²) in [5.41, 5.74) is 1.10. The molecule has 5 nitrogen and oxygen atoms in total. The molecule has 3 rings (SSSR count). The van der Waals surface area contributed by atoms with Crippen molar-refractivity contribution < 1.29 is 0 Å². The van der Waals surface area contributed by atoms with Crippen molar-refractivity contribution >= 4 is 40.1 Å². The standard InChI is InChI=1S/C13H15Cl2N5/c14-11-9-10(17-7-18-11)12(20-13(15)19-9)16-6-8-4-2-1-3-5-8/h7-8H,1-6H2,(H,16,19,20). The Kier molecular flexibility index (Phi) is 4.17. The lowest BCUT2D eigenvalue weighted by atomic mass is 9.89. The second-order valence-corrected chi connectivity index (χ2v) is 5.78. The quantitative estimate of drug-likeness (QED) is 0.691. The van der Waals surface area contributed by atoms with Crippen molar-refractivity contribution in [2.75, 3.05) is 11.9 Å². The van der Waals surface area contributed by atoms with Crippen LogP contribution in [0.2, 0.25) is 10.4 Å². The van der Waals surface area contributed by atoms with Gasteiger partial charge >= 0.3 is 0 Å². The molecule has 0 aromatic carbocycles. The van der Waals surface area contributed by atoms with E-state index in [1.165, 1.54) is 38.4 Å². The summed E-state index contributed by atoms with van der Waals surface area (Å²) in [6, 6.07) is 0. The number of rotatable bonds is 3. The number of fused-ring (bicyclic) bond motifs is 1. The predicted octanol–water partition coefficient (Wildman–Crippen LogP) is 3.72. The number of hydrogen-bond acceptors (Lipinski definition) is 5. The molecule has 2 heterocycles. The van der Waals surface area contributed by atoms with Crippen LogP contribution in [0, 0.1) is 5.92 Å². The largest absolute Gasteiger partial charge is 0.368 e. The van der Waals surface area contributed by atoms with Crippen molar-refractivity contribution in [3.8, 4) is 0 Å². The molecule has 0 atom stereocenters. The van der Waals surface area contributed by atoms with Gasteiger partial charge in [0.15, 0.2) is 11.0 Å². The first-order chi connectivity index (χ1) is 9.74. The van der Waals surface area contributed by atoms with Crippen LogP contribution in [0.1, 0.15) is 32.1 Å². The molecule has 20 heavy (non-hydrogen) atoms. The Bertz CT molecular complexity index is 613. The molecule has 0 bridgehead atoms. The first-order valence-electron chi connectivity index (χ1n) is 6.81. The smallest absolute Gasteiger partial charge is 0.225 e. The second-order valence-electron chi connectivity index (χ2n) is 5.09. The number of hydrogen-bond donors (Lipinski definition) is 1. The monoisotopic (exact) mass is 311 g/mol. The van der Waals surface area contributed by atoms with Crippen LogP contribution in [0.4, 0.5) is 5.82 Å². The molecule has 0 spiro atoms. The number of nitrogens with zero attached hydrogens (tertiary/aromatic N) is 4. The van der Waals surface area contributed by atoms with E-state index in [9.17, 15) is 0 Å². The van der Waals surface area contributed by atoms with Gasteiger partial charge in [0.2, 0.25) is 5.28 Å². The van der Waals surface area contributed by atoms with Gasteiger partial charge in [0.05, 0.1) is 0 Å². The van der Waals surface area contributed by atoms with E-state index in [4.69, 9.17) is 23.2 Å². The molecular formula is C13H15Cl2N5. The Balaban J connectivity index is 1.85. The molecule has 2 aromatic rings. The topological polar surface area (TPSA) is 63.6 Å². The van der Waals surface area contributed by atoms with E-state index in [0.717, 1.165) is 6.54 Å². The lowest BCUT2D eigenvalue weighted by molar-refractivity contribution is 0.373. The van der Waals surface area contributed by atoms with Gasteiger partial charge in [-0.15, -0.1) is 0 Å². The summed E-state index contributed by atoms with van der Waals surface area (Å²) in [7, 11) is 0. The van der Waals surface area contributed by atoms with E-state index < -0.39 is 0 Å². The maximum absolute atomic E-state index is 6.02. The summed E-state index contributed by atoms with van der Waals surface area (Å²) < 4.78 is 0. The molecule has 1 aliphatic rings. The normalized spacial score (nSPS) is 16.5. The van der Waals surface area contributed by atoms with Crippen LogP contribution >= 0.6 is 23.2 Å². The van der Waals surface area contributed by atoms with Gasteiger partial charge in [-0.3, -0.25) is 0 Å². The van der Waals surface area contributed by atoms with E-state index in [0.29, 0.717) is 27.9 Å². The lowest BCUT2D eigenvalue weighted by Gasteiger charge is -2.22. The number of anilines is 1. The van der Waals surface area contributed by atoms with E-state index in [1.807, 2.05) is 0 Å². The van der Waals surface area contributed by atoms with Crippen LogP contribution in [-0.2, 0) is 0 Å². The van der Waals surface area contributed by atoms with Crippen molar-refractivity contribution in [3.05, 3.63) is 16.8 Å². The highest BCUT2D eigenvalue weighted by molar-refractivity contribution is 6.34. The van der Waals surface area contributed by atoms with Crippen molar-refractivity contribution in [3.63, 3.8) is 0 Å². The van der Waals surface area contributed by atoms with Crippen molar-refractivity contribution in [2.24, 2.45) is 5.92 Å². The van der Waals surface area contributed by atoms with Gasteiger partial charge in [0.25, 0.3) is 0 Å². The number of aromatic nitrogens is 4. The third kappa shape index (κ3) is 2.94. The third-order valence-corrected chi connectivity index (χ3v) is 4.14. The minimum Gasteiger partial charge on any atom is -0.368 e. The Labute approximate surface area is 127 Å². The minimum atomic E-state index is 0.153. The maximum atomic E-state index is 6.02. The Morgan fingerprint density at radius 2 is 1.85 bits per heavy atom. The molecule has 106 valence electrons. The van der Waals surface area contributed by atoms with Gasteiger partial charge in [0.1, 0.15) is 17.4 Å². The first kappa shape index (κ1) is 13.8. The zero-order chi connectivity index (χ0) is 13.9. The Morgan fingerprint density at radius 1 is 1.05 bits per heavy atom. The third-order valence-electron chi connectivity index (χ3n) is 3.69. The van der Waals surface area contributed by atoms with E-state index in [-0.39, 0.29) is 5.28 Å². The van der Waals surface area contributed by atoms with Gasteiger partial charge < -0.3 is 5.32 Å². The lowest BCUT2D eigenvalue weighted by Crippen LogP contribution is -2.18. The van der Waals surface area contributed by atoms with Gasteiger partial charge in [-0.25, -0.2) is 15.0 Å². The minimum absolute atomic E-state index is 0.153. The second kappa shape index (κ2) is 6.06. The Hall–Kier alpha value is -1.20. The maximum Gasteiger partial charge on any atom is 0.225 e.